The summed E-state index contributed by atoms with van der Waals surface area (Å²) in [6.45, 7) is 2.38. The average molecular weight is 334 g/mol. The standard InChI is InChI=1S/C17H22N2O3S/c1-21-12-5-10-19(11-13-22-2)17(20)9-8-16-18-14-6-3-4-7-15(14)23-16/h3-4,6-9H,5,10-13H2,1-2H3/b9-8+. The Hall–Kier alpha value is -1.76. The van der Waals surface area contributed by atoms with E-state index in [0.717, 1.165) is 21.6 Å². The van der Waals surface area contributed by atoms with Crippen molar-refractivity contribution in [2.75, 3.05) is 40.5 Å². The monoisotopic (exact) mass is 334 g/mol. The largest absolute Gasteiger partial charge is 0.385 e. The number of benzene rings is 1. The summed E-state index contributed by atoms with van der Waals surface area (Å²) in [6, 6.07) is 7.95. The number of hydrogen-bond acceptors (Lipinski definition) is 5. The molecule has 0 bridgehead atoms. The molecular formula is C17H22N2O3S. The molecule has 23 heavy (non-hydrogen) atoms. The molecule has 0 spiro atoms. The molecule has 124 valence electrons. The van der Waals surface area contributed by atoms with Gasteiger partial charge in [0.05, 0.1) is 16.8 Å². The second kappa shape index (κ2) is 9.39. The summed E-state index contributed by atoms with van der Waals surface area (Å²) in [4.78, 5) is 18.6. The number of carbonyl (C=O) groups excluding carboxylic acids is 1. The van der Waals surface area contributed by atoms with Gasteiger partial charge < -0.3 is 14.4 Å². The SMILES string of the molecule is COCCCN(CCOC)C(=O)/C=C/c1nc2ccccc2s1. The lowest BCUT2D eigenvalue weighted by Gasteiger charge is -2.20. The second-order valence-corrected chi connectivity index (χ2v) is 6.08. The van der Waals surface area contributed by atoms with Crippen LogP contribution < -0.4 is 0 Å². The number of para-hydroxylation sites is 1. The first kappa shape index (κ1) is 17.6. The van der Waals surface area contributed by atoms with Crippen LogP contribution in [0.4, 0.5) is 0 Å². The van der Waals surface area contributed by atoms with Crippen LogP contribution >= 0.6 is 11.3 Å². The quantitative estimate of drug-likeness (QED) is 0.523. The second-order valence-electron chi connectivity index (χ2n) is 5.02. The van der Waals surface area contributed by atoms with E-state index in [4.69, 9.17) is 9.47 Å². The van der Waals surface area contributed by atoms with E-state index >= 15 is 0 Å². The molecule has 0 fully saturated rings. The topological polar surface area (TPSA) is 51.7 Å². The number of fused-ring (bicyclic) bond motifs is 1. The van der Waals surface area contributed by atoms with E-state index in [1.807, 2.05) is 24.3 Å². The van der Waals surface area contributed by atoms with Crippen LogP contribution in [0.2, 0.25) is 0 Å². The molecule has 1 amide bonds. The van der Waals surface area contributed by atoms with E-state index in [1.165, 1.54) is 0 Å². The molecule has 1 aromatic heterocycles. The predicted octanol–water partition coefficient (Wildman–Crippen LogP) is 2.82. The van der Waals surface area contributed by atoms with Crippen molar-refractivity contribution in [3.05, 3.63) is 35.3 Å². The Morgan fingerprint density at radius 1 is 1.22 bits per heavy atom. The van der Waals surface area contributed by atoms with Crippen LogP contribution in [0.1, 0.15) is 11.4 Å². The zero-order valence-electron chi connectivity index (χ0n) is 13.5. The van der Waals surface area contributed by atoms with Crippen LogP contribution in [0.5, 0.6) is 0 Å². The number of thiazole rings is 1. The van der Waals surface area contributed by atoms with Gasteiger partial charge in [-0.2, -0.15) is 0 Å². The molecular weight excluding hydrogens is 312 g/mol. The Bertz CT molecular complexity index is 621. The van der Waals surface area contributed by atoms with Crippen LogP contribution in [-0.4, -0.2) is 56.3 Å². The summed E-state index contributed by atoms with van der Waals surface area (Å²) in [7, 11) is 3.29. The van der Waals surface area contributed by atoms with Crippen LogP contribution in [-0.2, 0) is 14.3 Å². The third-order valence-electron chi connectivity index (χ3n) is 3.33. The number of carbonyl (C=O) groups is 1. The molecule has 5 nitrogen and oxygen atoms in total. The average Bonchev–Trinajstić information content (AvgIpc) is 2.98. The number of aromatic nitrogens is 1. The van der Waals surface area contributed by atoms with Gasteiger partial charge in [0, 0.05) is 40.0 Å². The fraction of sp³-hybridized carbons (Fsp3) is 0.412. The van der Waals surface area contributed by atoms with Crippen molar-refractivity contribution in [3.63, 3.8) is 0 Å². The van der Waals surface area contributed by atoms with Gasteiger partial charge in [0.1, 0.15) is 5.01 Å². The minimum Gasteiger partial charge on any atom is -0.385 e. The summed E-state index contributed by atoms with van der Waals surface area (Å²) in [5, 5.41) is 0.836. The lowest BCUT2D eigenvalue weighted by Crippen LogP contribution is -2.34. The molecule has 0 saturated carbocycles. The van der Waals surface area contributed by atoms with E-state index in [9.17, 15) is 4.79 Å². The van der Waals surface area contributed by atoms with Crippen molar-refractivity contribution in [2.45, 2.75) is 6.42 Å². The van der Waals surface area contributed by atoms with Crippen LogP contribution in [0.25, 0.3) is 16.3 Å². The Morgan fingerprint density at radius 2 is 2.00 bits per heavy atom. The fourth-order valence-corrected chi connectivity index (χ4v) is 3.01. The molecule has 0 radical (unpaired) electrons. The number of nitrogens with zero attached hydrogens (tertiary/aromatic N) is 2. The fourth-order valence-electron chi connectivity index (χ4n) is 2.14. The maximum atomic E-state index is 12.4. The Kier molecular flexibility index (Phi) is 7.19. The van der Waals surface area contributed by atoms with Gasteiger partial charge >= 0.3 is 0 Å². The maximum Gasteiger partial charge on any atom is 0.246 e. The van der Waals surface area contributed by atoms with Gasteiger partial charge in [-0.1, -0.05) is 12.1 Å². The van der Waals surface area contributed by atoms with Gasteiger partial charge in [0.25, 0.3) is 0 Å². The summed E-state index contributed by atoms with van der Waals surface area (Å²) >= 11 is 1.58. The number of rotatable bonds is 9. The smallest absolute Gasteiger partial charge is 0.246 e. The van der Waals surface area contributed by atoms with Crippen LogP contribution in [0, 0.1) is 0 Å². The number of amides is 1. The first-order valence-electron chi connectivity index (χ1n) is 7.55. The minimum absolute atomic E-state index is 0.0302. The van der Waals surface area contributed by atoms with Gasteiger partial charge in [0.2, 0.25) is 5.91 Å². The van der Waals surface area contributed by atoms with Crippen molar-refractivity contribution >= 4 is 33.5 Å². The van der Waals surface area contributed by atoms with Gasteiger partial charge in [-0.05, 0) is 24.6 Å². The first-order valence-corrected chi connectivity index (χ1v) is 8.36. The normalized spacial score (nSPS) is 11.4. The molecule has 0 aliphatic rings. The highest BCUT2D eigenvalue weighted by atomic mass is 32.1. The van der Waals surface area contributed by atoms with Gasteiger partial charge in [-0.3, -0.25) is 4.79 Å². The van der Waals surface area contributed by atoms with Crippen LogP contribution in [0.15, 0.2) is 30.3 Å². The molecule has 0 N–H and O–H groups in total. The molecule has 0 unspecified atom stereocenters. The Morgan fingerprint density at radius 3 is 2.74 bits per heavy atom. The van der Waals surface area contributed by atoms with E-state index in [2.05, 4.69) is 4.98 Å². The van der Waals surface area contributed by atoms with Crippen molar-refractivity contribution in [1.29, 1.82) is 0 Å². The third kappa shape index (κ3) is 5.42. The molecule has 6 heteroatoms. The summed E-state index contributed by atoms with van der Waals surface area (Å²) < 4.78 is 11.2. The highest BCUT2D eigenvalue weighted by Gasteiger charge is 2.10. The van der Waals surface area contributed by atoms with Crippen molar-refractivity contribution in [2.24, 2.45) is 0 Å². The molecule has 0 saturated heterocycles. The van der Waals surface area contributed by atoms with E-state index in [0.29, 0.717) is 26.3 Å². The number of ether oxygens (including phenoxy) is 2. The molecule has 2 aromatic rings. The van der Waals surface area contributed by atoms with Crippen molar-refractivity contribution in [1.82, 2.24) is 9.88 Å². The zero-order valence-corrected chi connectivity index (χ0v) is 14.3. The third-order valence-corrected chi connectivity index (χ3v) is 4.33. The minimum atomic E-state index is -0.0302. The molecule has 0 atom stereocenters. The van der Waals surface area contributed by atoms with E-state index in [1.54, 1.807) is 42.6 Å². The molecule has 0 aliphatic heterocycles. The molecule has 1 aromatic carbocycles. The van der Waals surface area contributed by atoms with Crippen LogP contribution in [0.3, 0.4) is 0 Å². The predicted molar refractivity (Wildman–Crippen MR) is 93.6 cm³/mol. The summed E-state index contributed by atoms with van der Waals surface area (Å²) in [6.07, 6.45) is 4.17. The molecule has 1 heterocycles. The number of methoxy groups -OCH3 is 2. The Labute approximate surface area is 140 Å². The highest BCUT2D eigenvalue weighted by molar-refractivity contribution is 7.19. The van der Waals surface area contributed by atoms with Crippen molar-refractivity contribution in [3.8, 4) is 0 Å². The molecule has 2 rings (SSSR count). The summed E-state index contributed by atoms with van der Waals surface area (Å²) in [5.74, 6) is -0.0302. The maximum absolute atomic E-state index is 12.4. The summed E-state index contributed by atoms with van der Waals surface area (Å²) in [5.41, 5.74) is 0.959. The van der Waals surface area contributed by atoms with E-state index < -0.39 is 0 Å². The lowest BCUT2D eigenvalue weighted by molar-refractivity contribution is -0.126. The lowest BCUT2D eigenvalue weighted by atomic mass is 10.3. The first-order chi connectivity index (χ1) is 11.2. The van der Waals surface area contributed by atoms with Gasteiger partial charge in [-0.15, -0.1) is 11.3 Å². The number of hydrogen-bond donors (Lipinski definition) is 0. The Balaban J connectivity index is 2.00. The highest BCUT2D eigenvalue weighted by Crippen LogP contribution is 2.22. The van der Waals surface area contributed by atoms with Crippen molar-refractivity contribution < 1.29 is 14.3 Å². The van der Waals surface area contributed by atoms with Gasteiger partial charge in [0.15, 0.2) is 0 Å². The zero-order chi connectivity index (χ0) is 16.5. The molecule has 0 aliphatic carbocycles. The van der Waals surface area contributed by atoms with Gasteiger partial charge in [-0.25, -0.2) is 4.98 Å². The van der Waals surface area contributed by atoms with E-state index in [-0.39, 0.29) is 5.91 Å².